The van der Waals surface area contributed by atoms with E-state index in [4.69, 9.17) is 10.5 Å². The Kier molecular flexibility index (Phi) is 2.47. The van der Waals surface area contributed by atoms with Crippen LogP contribution in [0.1, 0.15) is 13.3 Å². The highest BCUT2D eigenvalue weighted by molar-refractivity contribution is 7.91. The van der Waals surface area contributed by atoms with Gasteiger partial charge in [-0.1, -0.05) is 0 Å². The van der Waals surface area contributed by atoms with E-state index in [9.17, 15) is 8.42 Å². The highest BCUT2D eigenvalue weighted by Gasteiger charge is 2.57. The molecule has 0 amide bonds. The molecule has 1 saturated carbocycles. The Bertz CT molecular complexity index is 262. The van der Waals surface area contributed by atoms with Crippen molar-refractivity contribution in [1.29, 1.82) is 0 Å². The molecule has 0 bridgehead atoms. The number of hydrogen-bond donors (Lipinski definition) is 1. The molecule has 1 aliphatic carbocycles. The fraction of sp³-hybridized carbons (Fsp3) is 1.00. The summed E-state index contributed by atoms with van der Waals surface area (Å²) in [5, 5.41) is -0.392. The maximum Gasteiger partial charge on any atom is 0.152 e. The van der Waals surface area contributed by atoms with E-state index in [2.05, 4.69) is 0 Å². The van der Waals surface area contributed by atoms with Crippen molar-refractivity contribution in [2.24, 2.45) is 5.73 Å². The Hall–Kier alpha value is -0.130. The lowest BCUT2D eigenvalue weighted by Gasteiger charge is -2.09. The van der Waals surface area contributed by atoms with Crippen LogP contribution in [-0.4, -0.2) is 38.7 Å². The zero-order chi connectivity index (χ0) is 9.41. The van der Waals surface area contributed by atoms with Crippen LogP contribution in [0.15, 0.2) is 0 Å². The van der Waals surface area contributed by atoms with Gasteiger partial charge < -0.3 is 10.5 Å². The molecule has 0 unspecified atom stereocenters. The number of ether oxygens (including phenoxy) is 1. The van der Waals surface area contributed by atoms with E-state index >= 15 is 0 Å². The van der Waals surface area contributed by atoms with Crippen molar-refractivity contribution in [2.75, 3.05) is 19.5 Å². The molecule has 0 aromatic rings. The molecule has 4 nitrogen and oxygen atoms in total. The Morgan fingerprint density at radius 3 is 2.58 bits per heavy atom. The van der Waals surface area contributed by atoms with Crippen LogP contribution in [-0.2, 0) is 14.6 Å². The van der Waals surface area contributed by atoms with Crippen LogP contribution in [0.3, 0.4) is 0 Å². The predicted molar refractivity (Wildman–Crippen MR) is 46.7 cm³/mol. The molecule has 1 rings (SSSR count). The van der Waals surface area contributed by atoms with Crippen molar-refractivity contribution in [3.05, 3.63) is 0 Å². The molecule has 0 saturated heterocycles. The van der Waals surface area contributed by atoms with Gasteiger partial charge in [-0.15, -0.1) is 0 Å². The summed E-state index contributed by atoms with van der Waals surface area (Å²) in [6, 6.07) is 0. The topological polar surface area (TPSA) is 69.4 Å². The minimum absolute atomic E-state index is 0.348. The van der Waals surface area contributed by atoms with E-state index in [1.165, 1.54) is 6.26 Å². The summed E-state index contributed by atoms with van der Waals surface area (Å²) < 4.78 is 27.2. The van der Waals surface area contributed by atoms with Crippen LogP contribution in [0.4, 0.5) is 0 Å². The van der Waals surface area contributed by atoms with Gasteiger partial charge in [-0.3, -0.25) is 0 Å². The highest BCUT2D eigenvalue weighted by atomic mass is 32.2. The lowest BCUT2D eigenvalue weighted by Crippen LogP contribution is -2.35. The third-order valence-corrected chi connectivity index (χ3v) is 3.81. The smallest absolute Gasteiger partial charge is 0.152 e. The van der Waals surface area contributed by atoms with Crippen molar-refractivity contribution in [3.63, 3.8) is 0 Å². The van der Waals surface area contributed by atoms with Crippen LogP contribution in [0.5, 0.6) is 0 Å². The molecular weight excluding hydrogens is 178 g/mol. The van der Waals surface area contributed by atoms with Crippen LogP contribution in [0.2, 0.25) is 0 Å². The first-order valence-electron chi connectivity index (χ1n) is 3.95. The molecule has 0 aliphatic heterocycles. The average molecular weight is 193 g/mol. The summed E-state index contributed by atoms with van der Waals surface area (Å²) in [4.78, 5) is 0. The second-order valence-electron chi connectivity index (χ2n) is 3.39. The number of hydrogen-bond acceptors (Lipinski definition) is 4. The first kappa shape index (κ1) is 9.95. The maximum atomic E-state index is 11.0. The van der Waals surface area contributed by atoms with E-state index < -0.39 is 20.6 Å². The summed E-state index contributed by atoms with van der Waals surface area (Å²) in [5.74, 6) is 0. The SMILES string of the molecule is CCOC[C@@]1(N)C[C@H]1S(C)(=O)=O. The van der Waals surface area contributed by atoms with E-state index in [0.29, 0.717) is 19.6 Å². The van der Waals surface area contributed by atoms with Crippen LogP contribution in [0.25, 0.3) is 0 Å². The summed E-state index contributed by atoms with van der Waals surface area (Å²) in [5.41, 5.74) is 5.15. The molecule has 0 heterocycles. The predicted octanol–water partition coefficient (Wildman–Crippen LogP) is -0.463. The number of sulfone groups is 1. The van der Waals surface area contributed by atoms with E-state index in [0.717, 1.165) is 0 Å². The third-order valence-electron chi connectivity index (χ3n) is 2.14. The maximum absolute atomic E-state index is 11.0. The van der Waals surface area contributed by atoms with Crippen molar-refractivity contribution in [3.8, 4) is 0 Å². The van der Waals surface area contributed by atoms with Crippen molar-refractivity contribution in [1.82, 2.24) is 0 Å². The summed E-state index contributed by atoms with van der Waals surface area (Å²) in [7, 11) is -2.97. The minimum Gasteiger partial charge on any atom is -0.380 e. The standard InChI is InChI=1S/C7H15NO3S/c1-3-11-5-7(8)4-6(7)12(2,9)10/h6H,3-5,8H2,1-2H3/t6-,7+/m1/s1. The van der Waals surface area contributed by atoms with E-state index in [1.807, 2.05) is 6.92 Å². The zero-order valence-electron chi connectivity index (χ0n) is 7.41. The fourth-order valence-electron chi connectivity index (χ4n) is 1.31. The molecule has 2 N–H and O–H groups in total. The summed E-state index contributed by atoms with van der Waals surface area (Å²) >= 11 is 0. The normalized spacial score (nSPS) is 35.1. The molecule has 2 atom stereocenters. The summed E-state index contributed by atoms with van der Waals surface area (Å²) in [6.45, 7) is 2.79. The van der Waals surface area contributed by atoms with Gasteiger partial charge in [0.25, 0.3) is 0 Å². The molecule has 5 heteroatoms. The van der Waals surface area contributed by atoms with Gasteiger partial charge in [0.05, 0.1) is 17.4 Å². The lowest BCUT2D eigenvalue weighted by atomic mass is 10.3. The van der Waals surface area contributed by atoms with Crippen LogP contribution >= 0.6 is 0 Å². The first-order chi connectivity index (χ1) is 5.40. The lowest BCUT2D eigenvalue weighted by molar-refractivity contribution is 0.127. The van der Waals surface area contributed by atoms with Crippen molar-refractivity contribution >= 4 is 9.84 Å². The molecule has 1 aliphatic rings. The quantitative estimate of drug-likeness (QED) is 0.656. The first-order valence-corrected chi connectivity index (χ1v) is 5.91. The van der Waals surface area contributed by atoms with Crippen LogP contribution < -0.4 is 5.73 Å². The molecule has 1 fully saturated rings. The molecule has 72 valence electrons. The molecule has 0 spiro atoms. The fourth-order valence-corrected chi connectivity index (χ4v) is 2.84. The van der Waals surface area contributed by atoms with Crippen molar-refractivity contribution < 1.29 is 13.2 Å². The molecule has 0 aromatic heterocycles. The Balaban J connectivity index is 2.49. The van der Waals surface area contributed by atoms with Gasteiger partial charge in [-0.05, 0) is 13.3 Å². The van der Waals surface area contributed by atoms with Gasteiger partial charge in [0.1, 0.15) is 0 Å². The Morgan fingerprint density at radius 2 is 2.25 bits per heavy atom. The molecular formula is C7H15NO3S. The van der Waals surface area contributed by atoms with Gasteiger partial charge in [-0.25, -0.2) is 8.42 Å². The van der Waals surface area contributed by atoms with Gasteiger partial charge >= 0.3 is 0 Å². The number of nitrogens with two attached hydrogens (primary N) is 1. The highest BCUT2D eigenvalue weighted by Crippen LogP contribution is 2.39. The monoisotopic (exact) mass is 193 g/mol. The largest absolute Gasteiger partial charge is 0.380 e. The third kappa shape index (κ3) is 1.97. The second kappa shape index (κ2) is 2.97. The average Bonchev–Trinajstić information content (AvgIpc) is 2.59. The Morgan fingerprint density at radius 1 is 1.67 bits per heavy atom. The second-order valence-corrected chi connectivity index (χ2v) is 5.62. The molecule has 0 aromatic carbocycles. The van der Waals surface area contributed by atoms with Gasteiger partial charge in [-0.2, -0.15) is 0 Å². The number of rotatable bonds is 4. The zero-order valence-corrected chi connectivity index (χ0v) is 8.23. The van der Waals surface area contributed by atoms with Gasteiger partial charge in [0, 0.05) is 12.9 Å². The van der Waals surface area contributed by atoms with E-state index in [1.54, 1.807) is 0 Å². The molecule has 0 radical (unpaired) electrons. The van der Waals surface area contributed by atoms with Gasteiger partial charge in [0.2, 0.25) is 0 Å². The van der Waals surface area contributed by atoms with Gasteiger partial charge in [0.15, 0.2) is 9.84 Å². The van der Waals surface area contributed by atoms with E-state index in [-0.39, 0.29) is 0 Å². The Labute approximate surface area is 73.0 Å². The van der Waals surface area contributed by atoms with Crippen molar-refractivity contribution in [2.45, 2.75) is 24.1 Å². The molecule has 12 heavy (non-hydrogen) atoms. The minimum atomic E-state index is -2.97. The van der Waals surface area contributed by atoms with Crippen LogP contribution in [0, 0.1) is 0 Å². The summed E-state index contributed by atoms with van der Waals surface area (Å²) in [6.07, 6.45) is 1.75.